The molecule has 0 saturated carbocycles. The average Bonchev–Trinajstić information content (AvgIpc) is 3.90. The minimum atomic E-state index is -0.688. The number of imidazole rings is 1. The summed E-state index contributed by atoms with van der Waals surface area (Å²) in [5.74, 6) is 0.288. The van der Waals surface area contributed by atoms with Crippen molar-refractivity contribution in [2.45, 2.75) is 65.1 Å². The van der Waals surface area contributed by atoms with Crippen molar-refractivity contribution in [3.63, 3.8) is 0 Å². The third-order valence-corrected chi connectivity index (χ3v) is 10.3. The topological polar surface area (TPSA) is 149 Å². The standard InChI is InChI=1S/C43H53N7O6/c1-28(2)38(47-42(54)55-6)41(53)50-21-7-8-36(50)39-44-26-35(46-39)31-11-9-29(10-12-31)30-13-17-33(18-14-30)45-40(52)32-15-19-34(20-16-32)48-22-24-49(25-23-48)37(51)27-56-43(3,4)5/h9-20,26,28,36,38H,7-8,21-25,27H2,1-6H3,(H,44,46)(H,45,52)(H,47,54)/t36-,38-/m0/s1. The van der Waals surface area contributed by atoms with Crippen molar-refractivity contribution in [2.75, 3.05) is 56.7 Å². The van der Waals surface area contributed by atoms with Crippen LogP contribution in [0.4, 0.5) is 16.2 Å². The first-order chi connectivity index (χ1) is 26.8. The highest BCUT2D eigenvalue weighted by Gasteiger charge is 2.37. The number of ether oxygens (including phenoxy) is 2. The molecule has 2 saturated heterocycles. The number of piperazine rings is 1. The number of aromatic amines is 1. The van der Waals surface area contributed by atoms with Crippen molar-refractivity contribution in [3.05, 3.63) is 90.4 Å². The lowest BCUT2D eigenvalue weighted by molar-refractivity contribution is -0.141. The summed E-state index contributed by atoms with van der Waals surface area (Å²) in [6, 6.07) is 22.5. The molecule has 2 fully saturated rings. The third-order valence-electron chi connectivity index (χ3n) is 10.3. The van der Waals surface area contributed by atoms with E-state index in [2.05, 4.69) is 25.5 Å². The Hall–Kier alpha value is -5.69. The van der Waals surface area contributed by atoms with Crippen LogP contribution < -0.4 is 15.5 Å². The number of hydrogen-bond donors (Lipinski definition) is 3. The highest BCUT2D eigenvalue weighted by atomic mass is 16.5. The minimum Gasteiger partial charge on any atom is -0.453 e. The van der Waals surface area contributed by atoms with Crippen LogP contribution in [0.1, 0.15) is 69.7 Å². The summed E-state index contributed by atoms with van der Waals surface area (Å²) < 4.78 is 10.4. The van der Waals surface area contributed by atoms with Crippen LogP contribution >= 0.6 is 0 Å². The fourth-order valence-corrected chi connectivity index (χ4v) is 7.04. The van der Waals surface area contributed by atoms with Crippen LogP contribution in [0, 0.1) is 5.92 Å². The first-order valence-corrected chi connectivity index (χ1v) is 19.3. The predicted octanol–water partition coefficient (Wildman–Crippen LogP) is 6.50. The monoisotopic (exact) mass is 763 g/mol. The van der Waals surface area contributed by atoms with Gasteiger partial charge in [0.25, 0.3) is 5.91 Å². The highest BCUT2D eigenvalue weighted by molar-refractivity contribution is 6.04. The van der Waals surface area contributed by atoms with E-state index in [0.29, 0.717) is 44.0 Å². The van der Waals surface area contributed by atoms with Gasteiger partial charge in [-0.25, -0.2) is 9.78 Å². The van der Waals surface area contributed by atoms with Gasteiger partial charge in [-0.05, 0) is 92.6 Å². The molecule has 0 aliphatic carbocycles. The largest absolute Gasteiger partial charge is 0.453 e. The smallest absolute Gasteiger partial charge is 0.407 e. The summed E-state index contributed by atoms with van der Waals surface area (Å²) in [6.07, 6.45) is 2.79. The van der Waals surface area contributed by atoms with Gasteiger partial charge in [-0.3, -0.25) is 14.4 Å². The Kier molecular flexibility index (Phi) is 12.4. The highest BCUT2D eigenvalue weighted by Crippen LogP contribution is 2.33. The Balaban J connectivity index is 1.01. The number of amides is 4. The fourth-order valence-electron chi connectivity index (χ4n) is 7.04. The van der Waals surface area contributed by atoms with Gasteiger partial charge in [0.2, 0.25) is 11.8 Å². The number of alkyl carbamates (subject to hydrolysis) is 1. The molecule has 0 bridgehead atoms. The van der Waals surface area contributed by atoms with E-state index >= 15 is 0 Å². The molecule has 3 aromatic carbocycles. The molecule has 296 valence electrons. The number of nitrogens with one attached hydrogen (secondary N) is 3. The minimum absolute atomic E-state index is 0.00949. The second-order valence-corrected chi connectivity index (χ2v) is 15.7. The van der Waals surface area contributed by atoms with E-state index in [0.717, 1.165) is 46.7 Å². The number of aromatic nitrogens is 2. The summed E-state index contributed by atoms with van der Waals surface area (Å²) in [6.45, 7) is 13.0. The van der Waals surface area contributed by atoms with E-state index in [-0.39, 0.29) is 41.9 Å². The van der Waals surface area contributed by atoms with Crippen LogP contribution in [-0.2, 0) is 19.1 Å². The molecule has 3 heterocycles. The SMILES string of the molecule is COC(=O)N[C@H](C(=O)N1CCC[C@H]1c1ncc(-c2ccc(-c3ccc(NC(=O)c4ccc(N5CCN(C(=O)COC(C)(C)C)CC5)cc4)cc3)cc2)[nH]1)C(C)C. The summed E-state index contributed by atoms with van der Waals surface area (Å²) in [5, 5.41) is 5.69. The molecular weight excluding hydrogens is 711 g/mol. The molecule has 56 heavy (non-hydrogen) atoms. The molecule has 0 radical (unpaired) electrons. The van der Waals surface area contributed by atoms with Crippen molar-refractivity contribution >= 4 is 35.2 Å². The van der Waals surface area contributed by atoms with Crippen molar-refractivity contribution in [3.8, 4) is 22.4 Å². The molecule has 1 aromatic heterocycles. The Morgan fingerprint density at radius 3 is 2.09 bits per heavy atom. The molecule has 3 N–H and O–H groups in total. The summed E-state index contributed by atoms with van der Waals surface area (Å²) in [7, 11) is 1.29. The van der Waals surface area contributed by atoms with E-state index in [1.165, 1.54) is 7.11 Å². The second kappa shape index (κ2) is 17.4. The van der Waals surface area contributed by atoms with Crippen LogP contribution in [0.15, 0.2) is 79.0 Å². The molecule has 2 atom stereocenters. The van der Waals surface area contributed by atoms with Gasteiger partial charge >= 0.3 is 6.09 Å². The van der Waals surface area contributed by atoms with Crippen LogP contribution in [0.25, 0.3) is 22.4 Å². The molecule has 13 nitrogen and oxygen atoms in total. The van der Waals surface area contributed by atoms with Crippen molar-refractivity contribution in [1.82, 2.24) is 25.1 Å². The van der Waals surface area contributed by atoms with Gasteiger partial charge in [-0.1, -0.05) is 50.2 Å². The van der Waals surface area contributed by atoms with Gasteiger partial charge in [-0.2, -0.15) is 0 Å². The Labute approximate surface area is 328 Å². The second-order valence-electron chi connectivity index (χ2n) is 15.7. The van der Waals surface area contributed by atoms with E-state index in [9.17, 15) is 19.2 Å². The average molecular weight is 764 g/mol. The zero-order valence-corrected chi connectivity index (χ0v) is 33.1. The Bertz CT molecular complexity index is 1980. The number of likely N-dealkylation sites (tertiary alicyclic amines) is 1. The van der Waals surface area contributed by atoms with Crippen molar-refractivity contribution < 1.29 is 28.7 Å². The lowest BCUT2D eigenvalue weighted by Gasteiger charge is -2.36. The van der Waals surface area contributed by atoms with Crippen LogP contribution in [0.2, 0.25) is 0 Å². The quantitative estimate of drug-likeness (QED) is 0.157. The lowest BCUT2D eigenvalue weighted by atomic mass is 10.0. The normalized spacial score (nSPS) is 16.5. The first-order valence-electron chi connectivity index (χ1n) is 19.3. The van der Waals surface area contributed by atoms with E-state index in [1.807, 2.05) is 112 Å². The Morgan fingerprint density at radius 1 is 0.857 bits per heavy atom. The maximum absolute atomic E-state index is 13.5. The van der Waals surface area contributed by atoms with Gasteiger partial charge in [0.15, 0.2) is 0 Å². The predicted molar refractivity (Wildman–Crippen MR) is 216 cm³/mol. The molecule has 2 aliphatic rings. The third kappa shape index (κ3) is 9.75. The molecule has 13 heteroatoms. The maximum atomic E-state index is 13.5. The van der Waals surface area contributed by atoms with Gasteiger partial charge < -0.3 is 39.8 Å². The van der Waals surface area contributed by atoms with Crippen molar-refractivity contribution in [2.24, 2.45) is 5.92 Å². The van der Waals surface area contributed by atoms with E-state index in [1.54, 1.807) is 11.1 Å². The number of benzene rings is 3. The summed E-state index contributed by atoms with van der Waals surface area (Å²) in [5.41, 5.74) is 5.76. The Morgan fingerprint density at radius 2 is 1.48 bits per heavy atom. The van der Waals surface area contributed by atoms with E-state index < -0.39 is 12.1 Å². The first kappa shape index (κ1) is 40.0. The lowest BCUT2D eigenvalue weighted by Crippen LogP contribution is -2.51. The molecule has 6 rings (SSSR count). The number of H-pyrrole nitrogens is 1. The molecule has 0 spiro atoms. The summed E-state index contributed by atoms with van der Waals surface area (Å²) in [4.78, 5) is 65.0. The number of carbonyl (C=O) groups is 4. The van der Waals surface area contributed by atoms with Crippen molar-refractivity contribution in [1.29, 1.82) is 0 Å². The number of methoxy groups -OCH3 is 1. The number of hydrogen-bond acceptors (Lipinski definition) is 8. The zero-order chi connectivity index (χ0) is 40.0. The van der Waals surface area contributed by atoms with Gasteiger partial charge in [0.1, 0.15) is 18.5 Å². The summed E-state index contributed by atoms with van der Waals surface area (Å²) >= 11 is 0. The zero-order valence-electron chi connectivity index (χ0n) is 33.1. The van der Waals surface area contributed by atoms with Crippen LogP contribution in [-0.4, -0.2) is 102 Å². The maximum Gasteiger partial charge on any atom is 0.407 e. The fraction of sp³-hybridized carbons (Fsp3) is 0.419. The van der Waals surface area contributed by atoms with Gasteiger partial charge in [0, 0.05) is 49.7 Å². The number of anilines is 2. The van der Waals surface area contributed by atoms with Gasteiger partial charge in [0.05, 0.1) is 30.6 Å². The van der Waals surface area contributed by atoms with Crippen LogP contribution in [0.5, 0.6) is 0 Å². The number of carbonyl (C=O) groups excluding carboxylic acids is 4. The van der Waals surface area contributed by atoms with Crippen LogP contribution in [0.3, 0.4) is 0 Å². The molecular formula is C43H53N7O6. The molecule has 4 aromatic rings. The van der Waals surface area contributed by atoms with E-state index in [4.69, 9.17) is 9.47 Å². The molecule has 2 aliphatic heterocycles. The number of rotatable bonds is 11. The number of nitrogens with zero attached hydrogens (tertiary/aromatic N) is 4. The van der Waals surface area contributed by atoms with Gasteiger partial charge in [-0.15, -0.1) is 0 Å². The molecule has 0 unspecified atom stereocenters. The molecule has 4 amide bonds.